The second kappa shape index (κ2) is 5.53. The number of halogens is 1. The molecule has 0 aliphatic rings. The summed E-state index contributed by atoms with van der Waals surface area (Å²) in [5, 5.41) is 9.37. The number of hydrogen-bond donors (Lipinski definition) is 1. The van der Waals surface area contributed by atoms with Gasteiger partial charge in [0.2, 0.25) is 5.88 Å². The first-order chi connectivity index (χ1) is 9.10. The van der Waals surface area contributed by atoms with Gasteiger partial charge in [0.25, 0.3) is 0 Å². The number of aromatic carboxylic acids is 1. The fourth-order valence-electron chi connectivity index (χ4n) is 1.34. The summed E-state index contributed by atoms with van der Waals surface area (Å²) in [6.45, 7) is 0. The van der Waals surface area contributed by atoms with E-state index in [1.54, 1.807) is 6.07 Å². The molecule has 0 spiro atoms. The molecule has 0 atom stereocenters. The molecule has 2 rings (SSSR count). The van der Waals surface area contributed by atoms with Gasteiger partial charge >= 0.3 is 12.0 Å². The molecule has 0 aliphatic carbocycles. The van der Waals surface area contributed by atoms with Gasteiger partial charge in [0.05, 0.1) is 7.11 Å². The number of nitrogens with zero attached hydrogens (tertiary/aromatic N) is 2. The SMILES string of the molecule is COc1ccnc(Oc2ccc(Cl)cc2C(=O)O)n1. The van der Waals surface area contributed by atoms with Crippen molar-refractivity contribution in [1.29, 1.82) is 0 Å². The van der Waals surface area contributed by atoms with Crippen LogP contribution in [0.15, 0.2) is 30.5 Å². The van der Waals surface area contributed by atoms with Crippen LogP contribution < -0.4 is 9.47 Å². The Morgan fingerprint density at radius 3 is 2.84 bits per heavy atom. The van der Waals surface area contributed by atoms with Gasteiger partial charge in [-0.15, -0.1) is 0 Å². The Bertz CT molecular complexity index is 618. The van der Waals surface area contributed by atoms with Gasteiger partial charge in [-0.05, 0) is 18.2 Å². The maximum atomic E-state index is 11.1. The molecule has 0 fully saturated rings. The van der Waals surface area contributed by atoms with Crippen molar-refractivity contribution in [3.05, 3.63) is 41.0 Å². The molecule has 0 aliphatic heterocycles. The lowest BCUT2D eigenvalue weighted by atomic mass is 10.2. The predicted octanol–water partition coefficient (Wildman–Crippen LogP) is 2.63. The molecule has 1 N–H and O–H groups in total. The number of carboxylic acid groups (broad SMARTS) is 1. The van der Waals surface area contributed by atoms with Gasteiger partial charge in [-0.25, -0.2) is 9.78 Å². The van der Waals surface area contributed by atoms with Crippen molar-refractivity contribution in [3.8, 4) is 17.6 Å². The first kappa shape index (κ1) is 13.1. The molecule has 19 heavy (non-hydrogen) atoms. The number of rotatable bonds is 4. The minimum Gasteiger partial charge on any atom is -0.481 e. The fraction of sp³-hybridized carbons (Fsp3) is 0.0833. The minimum atomic E-state index is -1.15. The van der Waals surface area contributed by atoms with Crippen molar-refractivity contribution in [1.82, 2.24) is 9.97 Å². The van der Waals surface area contributed by atoms with Crippen molar-refractivity contribution < 1.29 is 19.4 Å². The van der Waals surface area contributed by atoms with Crippen LogP contribution in [0.25, 0.3) is 0 Å². The third-order valence-corrected chi connectivity index (χ3v) is 2.43. The Labute approximate surface area is 113 Å². The number of aromatic nitrogens is 2. The van der Waals surface area contributed by atoms with Crippen LogP contribution in [-0.2, 0) is 0 Å². The molecule has 0 bridgehead atoms. The van der Waals surface area contributed by atoms with E-state index < -0.39 is 5.97 Å². The van der Waals surface area contributed by atoms with E-state index in [-0.39, 0.29) is 17.3 Å². The first-order valence-corrected chi connectivity index (χ1v) is 5.55. The molecule has 7 heteroatoms. The minimum absolute atomic E-state index is 0.0100. The van der Waals surface area contributed by atoms with Gasteiger partial charge in [-0.3, -0.25) is 0 Å². The smallest absolute Gasteiger partial charge is 0.339 e. The zero-order valence-corrected chi connectivity index (χ0v) is 10.6. The highest BCUT2D eigenvalue weighted by atomic mass is 35.5. The summed E-state index contributed by atoms with van der Waals surface area (Å²) >= 11 is 5.74. The van der Waals surface area contributed by atoms with Crippen molar-refractivity contribution in [2.45, 2.75) is 0 Å². The van der Waals surface area contributed by atoms with Gasteiger partial charge in [-0.2, -0.15) is 4.98 Å². The lowest BCUT2D eigenvalue weighted by Gasteiger charge is -2.07. The van der Waals surface area contributed by atoms with Gasteiger partial charge in [-0.1, -0.05) is 11.6 Å². The quantitative estimate of drug-likeness (QED) is 0.927. The Morgan fingerprint density at radius 2 is 2.16 bits per heavy atom. The molecule has 0 unspecified atom stereocenters. The summed E-state index contributed by atoms with van der Waals surface area (Å²) < 4.78 is 10.2. The second-order valence-electron chi connectivity index (χ2n) is 3.43. The maximum Gasteiger partial charge on any atom is 0.339 e. The van der Waals surface area contributed by atoms with Crippen molar-refractivity contribution in [2.24, 2.45) is 0 Å². The van der Waals surface area contributed by atoms with Crippen molar-refractivity contribution >= 4 is 17.6 Å². The Kier molecular flexibility index (Phi) is 3.82. The molecule has 2 aromatic rings. The predicted molar refractivity (Wildman–Crippen MR) is 67.1 cm³/mol. The molecular formula is C12H9ClN2O4. The monoisotopic (exact) mass is 280 g/mol. The summed E-state index contributed by atoms with van der Waals surface area (Å²) in [6, 6.07) is 5.79. The Hall–Kier alpha value is -2.34. The van der Waals surface area contributed by atoms with Gasteiger partial charge in [0, 0.05) is 17.3 Å². The topological polar surface area (TPSA) is 81.5 Å². The van der Waals surface area contributed by atoms with Crippen LogP contribution in [0.5, 0.6) is 17.6 Å². The number of carbonyl (C=O) groups is 1. The summed E-state index contributed by atoms with van der Waals surface area (Å²) in [4.78, 5) is 18.9. The van der Waals surface area contributed by atoms with Crippen LogP contribution in [0.3, 0.4) is 0 Å². The highest BCUT2D eigenvalue weighted by Gasteiger charge is 2.14. The summed E-state index contributed by atoms with van der Waals surface area (Å²) in [7, 11) is 1.46. The van der Waals surface area contributed by atoms with E-state index in [9.17, 15) is 4.79 Å². The molecule has 98 valence electrons. The standard InChI is InChI=1S/C12H9ClN2O4/c1-18-10-4-5-14-12(15-10)19-9-3-2-7(13)6-8(9)11(16)17/h2-6H,1H3,(H,16,17). The molecule has 6 nitrogen and oxygen atoms in total. The van der Waals surface area contributed by atoms with E-state index in [1.165, 1.54) is 31.5 Å². The molecule has 1 heterocycles. The number of ether oxygens (including phenoxy) is 2. The summed E-state index contributed by atoms with van der Waals surface area (Å²) in [5.41, 5.74) is -0.0704. The van der Waals surface area contributed by atoms with E-state index in [1.807, 2.05) is 0 Å². The zero-order valence-electron chi connectivity index (χ0n) is 9.83. The fourth-order valence-corrected chi connectivity index (χ4v) is 1.52. The summed E-state index contributed by atoms with van der Waals surface area (Å²) in [5.74, 6) is -0.735. The van der Waals surface area contributed by atoms with E-state index >= 15 is 0 Å². The van der Waals surface area contributed by atoms with Crippen LogP contribution in [0.1, 0.15) is 10.4 Å². The summed E-state index contributed by atoms with van der Waals surface area (Å²) in [6.07, 6.45) is 1.44. The highest BCUT2D eigenvalue weighted by molar-refractivity contribution is 6.31. The van der Waals surface area contributed by atoms with Gasteiger partial charge in [0.1, 0.15) is 11.3 Å². The largest absolute Gasteiger partial charge is 0.481 e. The molecule has 0 saturated heterocycles. The third-order valence-electron chi connectivity index (χ3n) is 2.19. The van der Waals surface area contributed by atoms with Gasteiger partial charge in [0.15, 0.2) is 0 Å². The molecule has 1 aromatic carbocycles. The normalized spacial score (nSPS) is 10.0. The molecule has 1 aromatic heterocycles. The first-order valence-electron chi connectivity index (χ1n) is 5.18. The number of methoxy groups -OCH3 is 1. The Morgan fingerprint density at radius 1 is 1.37 bits per heavy atom. The third kappa shape index (κ3) is 3.11. The highest BCUT2D eigenvalue weighted by Crippen LogP contribution is 2.26. The molecule has 0 amide bonds. The number of carboxylic acids is 1. The van der Waals surface area contributed by atoms with Gasteiger partial charge < -0.3 is 14.6 Å². The average molecular weight is 281 g/mol. The van der Waals surface area contributed by atoms with Crippen LogP contribution in [-0.4, -0.2) is 28.2 Å². The van der Waals surface area contributed by atoms with E-state index in [0.29, 0.717) is 10.9 Å². The molecular weight excluding hydrogens is 272 g/mol. The van der Waals surface area contributed by atoms with Crippen LogP contribution in [0.2, 0.25) is 5.02 Å². The number of hydrogen-bond acceptors (Lipinski definition) is 5. The maximum absolute atomic E-state index is 11.1. The second-order valence-corrected chi connectivity index (χ2v) is 3.87. The van der Waals surface area contributed by atoms with E-state index in [2.05, 4.69) is 9.97 Å². The lowest BCUT2D eigenvalue weighted by molar-refractivity contribution is 0.0694. The number of benzene rings is 1. The van der Waals surface area contributed by atoms with Crippen LogP contribution >= 0.6 is 11.6 Å². The van der Waals surface area contributed by atoms with E-state index in [4.69, 9.17) is 26.2 Å². The van der Waals surface area contributed by atoms with E-state index in [0.717, 1.165) is 0 Å². The zero-order chi connectivity index (χ0) is 13.8. The molecule has 0 saturated carbocycles. The van der Waals surface area contributed by atoms with Crippen LogP contribution in [0.4, 0.5) is 0 Å². The van der Waals surface area contributed by atoms with Crippen molar-refractivity contribution in [3.63, 3.8) is 0 Å². The van der Waals surface area contributed by atoms with Crippen molar-refractivity contribution in [2.75, 3.05) is 7.11 Å². The average Bonchev–Trinajstić information content (AvgIpc) is 2.41. The molecule has 0 radical (unpaired) electrons. The lowest BCUT2D eigenvalue weighted by Crippen LogP contribution is -2.01. The van der Waals surface area contributed by atoms with Crippen LogP contribution in [0, 0.1) is 0 Å². The Balaban J connectivity index is 2.34.